The second-order valence-corrected chi connectivity index (χ2v) is 3.67. The smallest absolute Gasteiger partial charge is 0.361 e. The van der Waals surface area contributed by atoms with E-state index in [4.69, 9.17) is 9.79 Å². The van der Waals surface area contributed by atoms with Crippen LogP contribution in [0.4, 0.5) is 0 Å². The highest BCUT2D eigenvalue weighted by molar-refractivity contribution is 7.70. The van der Waals surface area contributed by atoms with Gasteiger partial charge in [0.25, 0.3) is 5.52 Å². The van der Waals surface area contributed by atoms with Crippen molar-refractivity contribution in [3.05, 3.63) is 0 Å². The van der Waals surface area contributed by atoms with E-state index in [1.165, 1.54) is 0 Å². The first-order valence-electron chi connectivity index (χ1n) is 2.68. The molecule has 2 unspecified atom stereocenters. The average molecular weight is 166 g/mol. The fourth-order valence-corrected chi connectivity index (χ4v) is 1.21. The van der Waals surface area contributed by atoms with Crippen molar-refractivity contribution in [1.29, 1.82) is 0 Å². The third kappa shape index (κ3) is 1.44. The number of epoxide rings is 1. The van der Waals surface area contributed by atoms with Gasteiger partial charge in [0.2, 0.25) is 0 Å². The van der Waals surface area contributed by atoms with Crippen LogP contribution in [0.3, 0.4) is 0 Å². The zero-order valence-electron chi connectivity index (χ0n) is 5.22. The molecule has 6 heteroatoms. The van der Waals surface area contributed by atoms with Crippen LogP contribution in [0.15, 0.2) is 0 Å². The van der Waals surface area contributed by atoms with E-state index in [0.717, 1.165) is 0 Å². The number of carbonyl (C=O) groups excluding carboxylic acids is 1. The van der Waals surface area contributed by atoms with Crippen LogP contribution in [-0.4, -0.2) is 27.5 Å². The maximum absolute atomic E-state index is 10.5. The Morgan fingerprint density at radius 3 is 2.10 bits per heavy atom. The predicted octanol–water partition coefficient (Wildman–Crippen LogP) is -0.522. The lowest BCUT2D eigenvalue weighted by Crippen LogP contribution is -2.08. The SMILES string of the molecule is CC1OC1C(=O)P(=O)(O)O. The Kier molecular flexibility index (Phi) is 1.68. The minimum absolute atomic E-state index is 0.333. The highest BCUT2D eigenvalue weighted by atomic mass is 31.2. The molecule has 58 valence electrons. The molecule has 1 aliphatic rings. The fraction of sp³-hybridized carbons (Fsp3) is 0.750. The van der Waals surface area contributed by atoms with E-state index in [1.807, 2.05) is 0 Å². The van der Waals surface area contributed by atoms with Gasteiger partial charge in [-0.25, -0.2) is 0 Å². The van der Waals surface area contributed by atoms with Gasteiger partial charge in [0.1, 0.15) is 0 Å². The van der Waals surface area contributed by atoms with Crippen molar-refractivity contribution < 1.29 is 23.9 Å². The summed E-state index contributed by atoms with van der Waals surface area (Å²) in [7, 11) is -4.55. The van der Waals surface area contributed by atoms with Crippen LogP contribution in [0.2, 0.25) is 0 Å². The molecule has 2 atom stereocenters. The highest BCUT2D eigenvalue weighted by Crippen LogP contribution is 2.42. The van der Waals surface area contributed by atoms with Crippen molar-refractivity contribution in [3.8, 4) is 0 Å². The molecule has 0 aromatic rings. The Bertz CT molecular complexity index is 206. The summed E-state index contributed by atoms with van der Waals surface area (Å²) in [5.41, 5.74) is -1.11. The van der Waals surface area contributed by atoms with Crippen LogP contribution in [-0.2, 0) is 14.1 Å². The molecule has 1 saturated heterocycles. The van der Waals surface area contributed by atoms with Crippen molar-refractivity contribution in [2.24, 2.45) is 0 Å². The standard InChI is InChI=1S/C4H7O5P/c1-2-3(9-2)4(5)10(6,7)8/h2-3H,1H3,(H2,6,7,8). The van der Waals surface area contributed by atoms with Crippen LogP contribution in [0, 0.1) is 0 Å². The van der Waals surface area contributed by atoms with Crippen LogP contribution in [0.25, 0.3) is 0 Å². The van der Waals surface area contributed by atoms with E-state index in [-0.39, 0.29) is 6.10 Å². The summed E-state index contributed by atoms with van der Waals surface area (Å²) in [5, 5.41) is 0. The van der Waals surface area contributed by atoms with Crippen LogP contribution >= 0.6 is 7.60 Å². The molecular weight excluding hydrogens is 159 g/mol. The number of carbonyl (C=O) groups is 1. The van der Waals surface area contributed by atoms with Gasteiger partial charge in [0.05, 0.1) is 6.10 Å². The maximum Gasteiger partial charge on any atom is 0.394 e. The van der Waals surface area contributed by atoms with Crippen LogP contribution < -0.4 is 0 Å². The summed E-state index contributed by atoms with van der Waals surface area (Å²) in [5.74, 6) is 0. The molecule has 2 N–H and O–H groups in total. The lowest BCUT2D eigenvalue weighted by Gasteiger charge is -1.96. The normalized spacial score (nSPS) is 31.9. The Morgan fingerprint density at radius 2 is 2.00 bits per heavy atom. The van der Waals surface area contributed by atoms with Crippen LogP contribution in [0.1, 0.15) is 6.92 Å². The van der Waals surface area contributed by atoms with Gasteiger partial charge in [-0.05, 0) is 6.92 Å². The first-order chi connectivity index (χ1) is 4.43. The predicted molar refractivity (Wildman–Crippen MR) is 31.4 cm³/mol. The molecule has 5 nitrogen and oxygen atoms in total. The Morgan fingerprint density at radius 1 is 1.60 bits per heavy atom. The largest absolute Gasteiger partial charge is 0.394 e. The van der Waals surface area contributed by atoms with Gasteiger partial charge in [0.15, 0.2) is 6.10 Å². The number of hydrogen-bond donors (Lipinski definition) is 2. The number of rotatable bonds is 2. The molecule has 1 aliphatic heterocycles. The van der Waals surface area contributed by atoms with Crippen LogP contribution in [0.5, 0.6) is 0 Å². The minimum atomic E-state index is -4.55. The van der Waals surface area contributed by atoms with Gasteiger partial charge in [0, 0.05) is 0 Å². The van der Waals surface area contributed by atoms with Crippen molar-refractivity contribution in [2.45, 2.75) is 19.1 Å². The molecule has 0 saturated carbocycles. The summed E-state index contributed by atoms with van der Waals surface area (Å²) < 4.78 is 14.8. The van der Waals surface area contributed by atoms with E-state index < -0.39 is 19.2 Å². The summed E-state index contributed by atoms with van der Waals surface area (Å²) in [6, 6.07) is 0. The van der Waals surface area contributed by atoms with Gasteiger partial charge in [-0.1, -0.05) is 0 Å². The van der Waals surface area contributed by atoms with Gasteiger partial charge >= 0.3 is 7.60 Å². The summed E-state index contributed by atoms with van der Waals surface area (Å²) >= 11 is 0. The lowest BCUT2D eigenvalue weighted by atomic mass is 10.4. The van der Waals surface area contributed by atoms with Crippen molar-refractivity contribution in [3.63, 3.8) is 0 Å². The molecule has 0 aliphatic carbocycles. The summed E-state index contributed by atoms with van der Waals surface area (Å²) in [4.78, 5) is 27.1. The third-order valence-electron chi connectivity index (χ3n) is 1.24. The topological polar surface area (TPSA) is 87.1 Å². The quantitative estimate of drug-likeness (QED) is 0.425. The molecule has 1 heterocycles. The van der Waals surface area contributed by atoms with Crippen molar-refractivity contribution in [2.75, 3.05) is 0 Å². The lowest BCUT2D eigenvalue weighted by molar-refractivity contribution is -0.114. The highest BCUT2D eigenvalue weighted by Gasteiger charge is 2.48. The maximum atomic E-state index is 10.5. The monoisotopic (exact) mass is 166 g/mol. The Labute approximate surface area is 57.2 Å². The third-order valence-corrected chi connectivity index (χ3v) is 2.07. The minimum Gasteiger partial charge on any atom is -0.361 e. The molecule has 0 spiro atoms. The molecule has 1 rings (SSSR count). The van der Waals surface area contributed by atoms with E-state index in [2.05, 4.69) is 4.74 Å². The van der Waals surface area contributed by atoms with Gasteiger partial charge in [-0.15, -0.1) is 0 Å². The van der Waals surface area contributed by atoms with Crippen molar-refractivity contribution in [1.82, 2.24) is 0 Å². The summed E-state index contributed by atoms with van der Waals surface area (Å²) in [6.07, 6.45) is -1.21. The molecule has 0 radical (unpaired) electrons. The van der Waals surface area contributed by atoms with Gasteiger partial charge in [-0.2, -0.15) is 0 Å². The summed E-state index contributed by atoms with van der Waals surface area (Å²) in [6.45, 7) is 1.58. The Hall–Kier alpha value is -0.220. The molecule has 0 aromatic heterocycles. The fourth-order valence-electron chi connectivity index (χ4n) is 0.611. The van der Waals surface area contributed by atoms with E-state index in [9.17, 15) is 9.36 Å². The first-order valence-corrected chi connectivity index (χ1v) is 4.29. The molecule has 0 bridgehead atoms. The molecular formula is C4H7O5P. The molecule has 0 amide bonds. The van der Waals surface area contributed by atoms with Gasteiger partial charge in [-0.3, -0.25) is 9.36 Å². The molecule has 1 fully saturated rings. The number of ether oxygens (including phenoxy) is 1. The second-order valence-electron chi connectivity index (χ2n) is 2.14. The second kappa shape index (κ2) is 2.13. The van der Waals surface area contributed by atoms with E-state index in [1.54, 1.807) is 6.92 Å². The first kappa shape index (κ1) is 7.88. The van der Waals surface area contributed by atoms with Gasteiger partial charge < -0.3 is 14.5 Å². The molecule has 10 heavy (non-hydrogen) atoms. The molecule has 0 aromatic carbocycles. The number of hydrogen-bond acceptors (Lipinski definition) is 3. The van der Waals surface area contributed by atoms with E-state index in [0.29, 0.717) is 0 Å². The average Bonchev–Trinajstić information content (AvgIpc) is 2.42. The van der Waals surface area contributed by atoms with Crippen molar-refractivity contribution >= 4 is 13.1 Å². The van der Waals surface area contributed by atoms with E-state index >= 15 is 0 Å². The Balaban J connectivity index is 2.60. The zero-order chi connectivity index (χ0) is 7.94. The zero-order valence-corrected chi connectivity index (χ0v) is 6.12.